The Bertz CT molecular complexity index is 587. The summed E-state index contributed by atoms with van der Waals surface area (Å²) in [5.41, 5.74) is 1.19. The van der Waals surface area contributed by atoms with Crippen LogP contribution in [0, 0.1) is 0 Å². The van der Waals surface area contributed by atoms with Gasteiger partial charge in [-0.2, -0.15) is 0 Å². The summed E-state index contributed by atoms with van der Waals surface area (Å²) in [6, 6.07) is 4.99. The Balaban J connectivity index is 2.06. The maximum Gasteiger partial charge on any atom is 0.251 e. The molecule has 0 fully saturated rings. The van der Waals surface area contributed by atoms with Gasteiger partial charge in [0.2, 0.25) is 0 Å². The Hall–Kier alpha value is -2.63. The molecular formula is C14H15N3O3. The van der Waals surface area contributed by atoms with Crippen LogP contribution in [0.4, 0.5) is 0 Å². The standard InChI is InChI=1S/C14H15N3O3/c1-19-12-4-3-10(7-13(12)20-2)14(18)17-9-11-8-15-5-6-16-11/h3-8H,9H2,1-2H3,(H,17,18). The molecule has 1 aromatic carbocycles. The number of nitrogens with zero attached hydrogens (tertiary/aromatic N) is 2. The summed E-state index contributed by atoms with van der Waals surface area (Å²) in [7, 11) is 3.07. The molecule has 0 aliphatic heterocycles. The molecule has 20 heavy (non-hydrogen) atoms. The molecule has 0 bridgehead atoms. The van der Waals surface area contributed by atoms with Crippen molar-refractivity contribution in [1.29, 1.82) is 0 Å². The van der Waals surface area contributed by atoms with E-state index in [1.807, 2.05) is 0 Å². The molecule has 6 heteroatoms. The van der Waals surface area contributed by atoms with Crippen molar-refractivity contribution in [2.75, 3.05) is 14.2 Å². The molecule has 0 aliphatic carbocycles. The van der Waals surface area contributed by atoms with Crippen molar-refractivity contribution >= 4 is 5.91 Å². The molecule has 0 unspecified atom stereocenters. The molecule has 1 N–H and O–H groups in total. The van der Waals surface area contributed by atoms with Crippen LogP contribution in [0.5, 0.6) is 11.5 Å². The largest absolute Gasteiger partial charge is 0.493 e. The van der Waals surface area contributed by atoms with Crippen molar-refractivity contribution in [2.45, 2.75) is 6.54 Å². The Morgan fingerprint density at radius 1 is 1.20 bits per heavy atom. The summed E-state index contributed by atoms with van der Waals surface area (Å²) >= 11 is 0. The number of carbonyl (C=O) groups is 1. The Labute approximate surface area is 116 Å². The molecular weight excluding hydrogens is 258 g/mol. The monoisotopic (exact) mass is 273 g/mol. The third-order valence-electron chi connectivity index (χ3n) is 2.69. The van der Waals surface area contributed by atoms with Crippen LogP contribution in [-0.2, 0) is 6.54 Å². The van der Waals surface area contributed by atoms with Gasteiger partial charge in [0, 0.05) is 18.0 Å². The van der Waals surface area contributed by atoms with Gasteiger partial charge in [0.15, 0.2) is 11.5 Å². The maximum atomic E-state index is 12.0. The Morgan fingerprint density at radius 3 is 2.65 bits per heavy atom. The normalized spacial score (nSPS) is 9.90. The minimum absolute atomic E-state index is 0.211. The van der Waals surface area contributed by atoms with Crippen LogP contribution in [0.25, 0.3) is 0 Å². The molecule has 2 rings (SSSR count). The molecule has 104 valence electrons. The average Bonchev–Trinajstić information content (AvgIpc) is 2.52. The highest BCUT2D eigenvalue weighted by Crippen LogP contribution is 2.27. The van der Waals surface area contributed by atoms with E-state index in [4.69, 9.17) is 9.47 Å². The molecule has 0 spiro atoms. The van der Waals surface area contributed by atoms with Crippen LogP contribution in [0.2, 0.25) is 0 Å². The lowest BCUT2D eigenvalue weighted by Gasteiger charge is -2.09. The Kier molecular flexibility index (Phi) is 4.49. The summed E-state index contributed by atoms with van der Waals surface area (Å²) in [5, 5.41) is 2.77. The number of hydrogen-bond acceptors (Lipinski definition) is 5. The van der Waals surface area contributed by atoms with E-state index in [0.717, 1.165) is 0 Å². The van der Waals surface area contributed by atoms with Crippen LogP contribution >= 0.6 is 0 Å². The van der Waals surface area contributed by atoms with E-state index >= 15 is 0 Å². The van der Waals surface area contributed by atoms with E-state index in [1.54, 1.807) is 43.9 Å². The predicted octanol–water partition coefficient (Wildman–Crippen LogP) is 1.42. The second-order valence-electron chi connectivity index (χ2n) is 3.95. The second-order valence-corrected chi connectivity index (χ2v) is 3.95. The highest BCUT2D eigenvalue weighted by Gasteiger charge is 2.10. The first-order chi connectivity index (χ1) is 9.74. The second kappa shape index (κ2) is 6.51. The summed E-state index contributed by atoms with van der Waals surface area (Å²) in [4.78, 5) is 20.0. The van der Waals surface area contributed by atoms with Gasteiger partial charge in [0.05, 0.1) is 32.7 Å². The van der Waals surface area contributed by atoms with Crippen LogP contribution in [0.3, 0.4) is 0 Å². The smallest absolute Gasteiger partial charge is 0.251 e. The highest BCUT2D eigenvalue weighted by molar-refractivity contribution is 5.94. The molecule has 0 aliphatic rings. The summed E-state index contributed by atoms with van der Waals surface area (Å²) < 4.78 is 10.3. The lowest BCUT2D eigenvalue weighted by molar-refractivity contribution is 0.0950. The van der Waals surface area contributed by atoms with Crippen LogP contribution in [0.15, 0.2) is 36.8 Å². The minimum Gasteiger partial charge on any atom is -0.493 e. The van der Waals surface area contributed by atoms with Gasteiger partial charge < -0.3 is 14.8 Å². The summed E-state index contributed by atoms with van der Waals surface area (Å²) in [6.07, 6.45) is 4.77. The summed E-state index contributed by atoms with van der Waals surface area (Å²) in [6.45, 7) is 0.320. The number of hydrogen-bond donors (Lipinski definition) is 1. The van der Waals surface area contributed by atoms with E-state index in [1.165, 1.54) is 7.11 Å². The molecule has 1 aromatic heterocycles. The lowest BCUT2D eigenvalue weighted by Crippen LogP contribution is -2.23. The van der Waals surface area contributed by atoms with E-state index in [-0.39, 0.29) is 5.91 Å². The van der Waals surface area contributed by atoms with Crippen molar-refractivity contribution in [3.8, 4) is 11.5 Å². The van der Waals surface area contributed by atoms with Crippen molar-refractivity contribution in [3.63, 3.8) is 0 Å². The van der Waals surface area contributed by atoms with Crippen molar-refractivity contribution in [3.05, 3.63) is 48.0 Å². The Morgan fingerprint density at radius 2 is 2.00 bits per heavy atom. The predicted molar refractivity (Wildman–Crippen MR) is 72.7 cm³/mol. The summed E-state index contributed by atoms with van der Waals surface area (Å²) in [5.74, 6) is 0.884. The third kappa shape index (κ3) is 3.23. The SMILES string of the molecule is COc1ccc(C(=O)NCc2cnccn2)cc1OC. The van der Waals surface area contributed by atoms with Crippen molar-refractivity contribution in [1.82, 2.24) is 15.3 Å². The van der Waals surface area contributed by atoms with E-state index in [9.17, 15) is 4.79 Å². The molecule has 0 saturated heterocycles. The topological polar surface area (TPSA) is 73.3 Å². The fourth-order valence-corrected chi connectivity index (χ4v) is 1.67. The first-order valence-corrected chi connectivity index (χ1v) is 5.99. The highest BCUT2D eigenvalue weighted by atomic mass is 16.5. The zero-order valence-corrected chi connectivity index (χ0v) is 11.3. The van der Waals surface area contributed by atoms with Gasteiger partial charge in [-0.3, -0.25) is 14.8 Å². The lowest BCUT2D eigenvalue weighted by atomic mass is 10.2. The van der Waals surface area contributed by atoms with Gasteiger partial charge in [-0.1, -0.05) is 0 Å². The fraction of sp³-hybridized carbons (Fsp3) is 0.214. The van der Waals surface area contributed by atoms with Gasteiger partial charge in [-0.25, -0.2) is 0 Å². The van der Waals surface area contributed by atoms with Gasteiger partial charge in [0.1, 0.15) is 0 Å². The van der Waals surface area contributed by atoms with E-state index in [2.05, 4.69) is 15.3 Å². The van der Waals surface area contributed by atoms with E-state index < -0.39 is 0 Å². The van der Waals surface area contributed by atoms with Gasteiger partial charge in [0.25, 0.3) is 5.91 Å². The van der Waals surface area contributed by atoms with E-state index in [0.29, 0.717) is 29.3 Å². The zero-order valence-electron chi connectivity index (χ0n) is 11.3. The van der Waals surface area contributed by atoms with Crippen LogP contribution < -0.4 is 14.8 Å². The zero-order chi connectivity index (χ0) is 14.4. The van der Waals surface area contributed by atoms with Crippen LogP contribution in [0.1, 0.15) is 16.1 Å². The number of carbonyl (C=O) groups excluding carboxylic acids is 1. The van der Waals surface area contributed by atoms with Gasteiger partial charge in [-0.15, -0.1) is 0 Å². The van der Waals surface area contributed by atoms with Gasteiger partial charge >= 0.3 is 0 Å². The molecule has 0 saturated carbocycles. The third-order valence-corrected chi connectivity index (χ3v) is 2.69. The number of amides is 1. The number of nitrogens with one attached hydrogen (secondary N) is 1. The molecule has 6 nitrogen and oxygen atoms in total. The van der Waals surface area contributed by atoms with Gasteiger partial charge in [-0.05, 0) is 18.2 Å². The molecule has 2 aromatic rings. The minimum atomic E-state index is -0.211. The molecule has 0 radical (unpaired) electrons. The maximum absolute atomic E-state index is 12.0. The molecule has 1 amide bonds. The first kappa shape index (κ1) is 13.8. The first-order valence-electron chi connectivity index (χ1n) is 5.99. The van der Waals surface area contributed by atoms with Crippen LogP contribution in [-0.4, -0.2) is 30.1 Å². The number of aromatic nitrogens is 2. The number of ether oxygens (including phenoxy) is 2. The number of methoxy groups -OCH3 is 2. The van der Waals surface area contributed by atoms with Crippen molar-refractivity contribution in [2.24, 2.45) is 0 Å². The average molecular weight is 273 g/mol. The molecule has 1 heterocycles. The fourth-order valence-electron chi connectivity index (χ4n) is 1.67. The quantitative estimate of drug-likeness (QED) is 0.892. The molecule has 0 atom stereocenters. The van der Waals surface area contributed by atoms with Crippen molar-refractivity contribution < 1.29 is 14.3 Å². The number of rotatable bonds is 5. The number of benzene rings is 1.